The maximum absolute atomic E-state index is 6.15. The van der Waals surface area contributed by atoms with E-state index in [1.165, 1.54) is 15.6 Å². The van der Waals surface area contributed by atoms with Crippen LogP contribution in [0.25, 0.3) is 10.1 Å². The van der Waals surface area contributed by atoms with Gasteiger partial charge in [0, 0.05) is 54.8 Å². The fourth-order valence-corrected chi connectivity index (χ4v) is 4.08. The van der Waals surface area contributed by atoms with E-state index in [1.807, 2.05) is 12.1 Å². The zero-order valence-corrected chi connectivity index (χ0v) is 14.2. The molecule has 3 heterocycles. The molecule has 0 spiro atoms. The number of anilines is 1. The molecule has 6 heteroatoms. The lowest BCUT2D eigenvalue weighted by Crippen LogP contribution is -2.46. The van der Waals surface area contributed by atoms with Gasteiger partial charge < -0.3 is 4.90 Å². The molecule has 1 aliphatic heterocycles. The Hall–Kier alpha value is -1.69. The van der Waals surface area contributed by atoms with E-state index < -0.39 is 0 Å². The van der Waals surface area contributed by atoms with Crippen LogP contribution in [0, 0.1) is 0 Å². The van der Waals surface area contributed by atoms with E-state index in [9.17, 15) is 0 Å². The summed E-state index contributed by atoms with van der Waals surface area (Å²) in [6, 6.07) is 8.00. The topological polar surface area (TPSA) is 32.3 Å². The first kappa shape index (κ1) is 14.9. The van der Waals surface area contributed by atoms with Gasteiger partial charge in [-0.3, -0.25) is 4.90 Å². The Kier molecular flexibility index (Phi) is 4.16. The van der Waals surface area contributed by atoms with E-state index in [2.05, 4.69) is 37.3 Å². The van der Waals surface area contributed by atoms with E-state index in [0.717, 1.165) is 43.7 Å². The average Bonchev–Trinajstić information content (AvgIpc) is 2.98. The summed E-state index contributed by atoms with van der Waals surface area (Å²) in [6.45, 7) is 4.95. The number of rotatable bonds is 3. The first-order chi connectivity index (χ1) is 11.3. The van der Waals surface area contributed by atoms with Crippen LogP contribution in [-0.2, 0) is 6.54 Å². The first-order valence-electron chi connectivity index (χ1n) is 7.69. The Balaban J connectivity index is 1.44. The molecular weight excluding hydrogens is 328 g/mol. The van der Waals surface area contributed by atoms with Crippen molar-refractivity contribution in [1.29, 1.82) is 0 Å². The second-order valence-corrected chi connectivity index (χ2v) is 7.06. The average molecular weight is 345 g/mol. The standard InChI is InChI=1S/C17H17ClN4S/c18-14-2-3-16-15(10-14)13(12-23-16)11-21-6-8-22(9-7-21)17-19-4-1-5-20-17/h1-5,10,12H,6-9,11H2. The molecule has 0 unspecified atom stereocenters. The zero-order valence-electron chi connectivity index (χ0n) is 12.7. The van der Waals surface area contributed by atoms with Crippen LogP contribution in [0.2, 0.25) is 5.02 Å². The number of benzene rings is 1. The summed E-state index contributed by atoms with van der Waals surface area (Å²) >= 11 is 7.94. The smallest absolute Gasteiger partial charge is 0.225 e. The second kappa shape index (κ2) is 6.43. The van der Waals surface area contributed by atoms with Crippen LogP contribution in [-0.4, -0.2) is 41.0 Å². The van der Waals surface area contributed by atoms with Crippen molar-refractivity contribution in [2.24, 2.45) is 0 Å². The highest BCUT2D eigenvalue weighted by atomic mass is 35.5. The minimum Gasteiger partial charge on any atom is -0.338 e. The van der Waals surface area contributed by atoms with E-state index in [-0.39, 0.29) is 0 Å². The van der Waals surface area contributed by atoms with Gasteiger partial charge in [-0.2, -0.15) is 0 Å². The lowest BCUT2D eigenvalue weighted by molar-refractivity contribution is 0.250. The molecule has 118 valence electrons. The van der Waals surface area contributed by atoms with Gasteiger partial charge in [-0.25, -0.2) is 9.97 Å². The third kappa shape index (κ3) is 3.17. The van der Waals surface area contributed by atoms with Crippen molar-refractivity contribution >= 4 is 39.0 Å². The molecule has 4 rings (SSSR count). The molecule has 2 aromatic heterocycles. The summed E-state index contributed by atoms with van der Waals surface area (Å²) in [5.41, 5.74) is 1.37. The van der Waals surface area contributed by atoms with Crippen molar-refractivity contribution in [3.8, 4) is 0 Å². The van der Waals surface area contributed by atoms with E-state index in [4.69, 9.17) is 11.6 Å². The largest absolute Gasteiger partial charge is 0.338 e. The van der Waals surface area contributed by atoms with Crippen molar-refractivity contribution in [3.05, 3.63) is 52.6 Å². The molecule has 0 aliphatic carbocycles. The Bertz CT molecular complexity index is 797. The highest BCUT2D eigenvalue weighted by molar-refractivity contribution is 7.17. The summed E-state index contributed by atoms with van der Waals surface area (Å²) in [4.78, 5) is 13.4. The second-order valence-electron chi connectivity index (χ2n) is 5.71. The fourth-order valence-electron chi connectivity index (χ4n) is 2.98. The minimum absolute atomic E-state index is 0.809. The predicted octanol–water partition coefficient (Wildman–Crippen LogP) is 3.67. The van der Waals surface area contributed by atoms with Gasteiger partial charge in [0.05, 0.1) is 0 Å². The molecule has 0 radical (unpaired) electrons. The van der Waals surface area contributed by atoms with Gasteiger partial charge in [0.2, 0.25) is 5.95 Å². The normalized spacial score (nSPS) is 16.1. The Morgan fingerprint density at radius 3 is 2.65 bits per heavy atom. The van der Waals surface area contributed by atoms with Crippen LogP contribution in [0.1, 0.15) is 5.56 Å². The molecule has 1 saturated heterocycles. The van der Waals surface area contributed by atoms with Crippen LogP contribution in [0.4, 0.5) is 5.95 Å². The number of hydrogen-bond acceptors (Lipinski definition) is 5. The number of thiophene rings is 1. The molecule has 0 saturated carbocycles. The van der Waals surface area contributed by atoms with Gasteiger partial charge in [-0.05, 0) is 40.6 Å². The van der Waals surface area contributed by atoms with E-state index in [0.29, 0.717) is 0 Å². The highest BCUT2D eigenvalue weighted by Crippen LogP contribution is 2.29. The van der Waals surface area contributed by atoms with E-state index >= 15 is 0 Å². The molecule has 3 aromatic rings. The summed E-state index contributed by atoms with van der Waals surface area (Å²) < 4.78 is 1.31. The molecule has 0 amide bonds. The van der Waals surface area contributed by atoms with Gasteiger partial charge >= 0.3 is 0 Å². The molecule has 1 aromatic carbocycles. The van der Waals surface area contributed by atoms with Crippen molar-refractivity contribution < 1.29 is 0 Å². The number of fused-ring (bicyclic) bond motifs is 1. The molecule has 0 N–H and O–H groups in total. The van der Waals surface area contributed by atoms with Gasteiger partial charge in [-0.1, -0.05) is 11.6 Å². The highest BCUT2D eigenvalue weighted by Gasteiger charge is 2.19. The van der Waals surface area contributed by atoms with Crippen molar-refractivity contribution in [2.45, 2.75) is 6.54 Å². The Labute approximate surface area is 144 Å². The van der Waals surface area contributed by atoms with Crippen LogP contribution in [0.5, 0.6) is 0 Å². The van der Waals surface area contributed by atoms with Gasteiger partial charge in [0.15, 0.2) is 0 Å². The Morgan fingerprint density at radius 1 is 1.09 bits per heavy atom. The molecule has 1 aliphatic rings. The van der Waals surface area contributed by atoms with Crippen LogP contribution in [0.3, 0.4) is 0 Å². The SMILES string of the molecule is Clc1ccc2scc(CN3CCN(c4ncccn4)CC3)c2c1. The summed E-state index contributed by atoms with van der Waals surface area (Å²) in [7, 11) is 0. The first-order valence-corrected chi connectivity index (χ1v) is 8.95. The maximum Gasteiger partial charge on any atom is 0.225 e. The predicted molar refractivity (Wildman–Crippen MR) is 96.4 cm³/mol. The maximum atomic E-state index is 6.15. The number of piperazine rings is 1. The molecule has 0 atom stereocenters. The third-order valence-electron chi connectivity index (χ3n) is 4.22. The quantitative estimate of drug-likeness (QED) is 0.725. The van der Waals surface area contributed by atoms with Gasteiger partial charge in [0.1, 0.15) is 0 Å². The number of halogens is 1. The third-order valence-corrected chi connectivity index (χ3v) is 5.46. The summed E-state index contributed by atoms with van der Waals surface area (Å²) in [5, 5.41) is 4.35. The number of nitrogens with zero attached hydrogens (tertiary/aromatic N) is 4. The van der Waals surface area contributed by atoms with Crippen LogP contribution in [0.15, 0.2) is 42.0 Å². The monoisotopic (exact) mass is 344 g/mol. The molecule has 1 fully saturated rings. The summed E-state index contributed by atoms with van der Waals surface area (Å²) in [6.07, 6.45) is 3.60. The van der Waals surface area contributed by atoms with Gasteiger partial charge in [-0.15, -0.1) is 11.3 Å². The Morgan fingerprint density at radius 2 is 1.87 bits per heavy atom. The van der Waals surface area contributed by atoms with E-state index in [1.54, 1.807) is 23.7 Å². The zero-order chi connectivity index (χ0) is 15.6. The van der Waals surface area contributed by atoms with Crippen LogP contribution >= 0.6 is 22.9 Å². The number of aromatic nitrogens is 2. The molecule has 23 heavy (non-hydrogen) atoms. The molecule has 0 bridgehead atoms. The lowest BCUT2D eigenvalue weighted by atomic mass is 10.1. The molecule has 4 nitrogen and oxygen atoms in total. The number of hydrogen-bond donors (Lipinski definition) is 0. The van der Waals surface area contributed by atoms with Crippen molar-refractivity contribution in [1.82, 2.24) is 14.9 Å². The molecular formula is C17H17ClN4S. The van der Waals surface area contributed by atoms with Crippen molar-refractivity contribution in [2.75, 3.05) is 31.1 Å². The fraction of sp³-hybridized carbons (Fsp3) is 0.294. The van der Waals surface area contributed by atoms with Crippen molar-refractivity contribution in [3.63, 3.8) is 0 Å². The minimum atomic E-state index is 0.809. The van der Waals surface area contributed by atoms with Crippen LogP contribution < -0.4 is 4.90 Å². The van der Waals surface area contributed by atoms with Gasteiger partial charge in [0.25, 0.3) is 0 Å². The lowest BCUT2D eigenvalue weighted by Gasteiger charge is -2.34. The summed E-state index contributed by atoms with van der Waals surface area (Å²) in [5.74, 6) is 0.833.